The Morgan fingerprint density at radius 2 is 2.25 bits per heavy atom. The highest BCUT2D eigenvalue weighted by Crippen LogP contribution is 2.29. The molecule has 0 spiro atoms. The number of aromatic nitrogens is 1. The van der Waals surface area contributed by atoms with Crippen LogP contribution >= 0.6 is 0 Å². The van der Waals surface area contributed by atoms with Gasteiger partial charge in [-0.15, -0.1) is 0 Å². The predicted octanol–water partition coefficient (Wildman–Crippen LogP) is 2.35. The molecule has 106 valence electrons. The van der Waals surface area contributed by atoms with Crippen LogP contribution in [-0.2, 0) is 0 Å². The molecule has 1 aliphatic heterocycles. The Hall–Kier alpha value is -1.81. The van der Waals surface area contributed by atoms with Gasteiger partial charge in [0.05, 0.1) is 11.2 Å². The van der Waals surface area contributed by atoms with Gasteiger partial charge in [-0.2, -0.15) is 0 Å². The van der Waals surface area contributed by atoms with Crippen LogP contribution in [0.2, 0.25) is 0 Å². The van der Waals surface area contributed by atoms with E-state index >= 15 is 0 Å². The van der Waals surface area contributed by atoms with Crippen LogP contribution in [0, 0.1) is 0 Å². The van der Waals surface area contributed by atoms with Crippen LogP contribution in [-0.4, -0.2) is 43.1 Å². The van der Waals surface area contributed by atoms with Gasteiger partial charge in [-0.1, -0.05) is 0 Å². The molecule has 1 aromatic carbocycles. The zero-order valence-corrected chi connectivity index (χ0v) is 12.2. The Kier molecular flexibility index (Phi) is 3.49. The molecule has 20 heavy (non-hydrogen) atoms. The lowest BCUT2D eigenvalue weighted by atomic mass is 10.1. The Morgan fingerprint density at radius 3 is 3.00 bits per heavy atom. The second-order valence-corrected chi connectivity index (χ2v) is 5.73. The van der Waals surface area contributed by atoms with E-state index in [0.29, 0.717) is 6.04 Å². The maximum atomic E-state index is 6.04. The Balaban J connectivity index is 1.91. The first-order valence-electron chi connectivity index (χ1n) is 7.21. The molecule has 0 aliphatic carbocycles. The number of hydrogen-bond donors (Lipinski definition) is 1. The number of likely N-dealkylation sites (N-methyl/N-ethyl adjacent to an activating group) is 2. The monoisotopic (exact) mass is 270 g/mol. The molecule has 1 atom stereocenters. The first-order valence-corrected chi connectivity index (χ1v) is 7.21. The Morgan fingerprint density at radius 1 is 1.40 bits per heavy atom. The van der Waals surface area contributed by atoms with Gasteiger partial charge in [-0.25, -0.2) is 0 Å². The first kappa shape index (κ1) is 13.2. The summed E-state index contributed by atoms with van der Waals surface area (Å²) in [4.78, 5) is 9.28. The van der Waals surface area contributed by atoms with Crippen molar-refractivity contribution >= 4 is 22.3 Å². The van der Waals surface area contributed by atoms with E-state index in [9.17, 15) is 0 Å². The van der Waals surface area contributed by atoms with Gasteiger partial charge in [0.1, 0.15) is 0 Å². The molecule has 1 unspecified atom stereocenters. The number of hydrogen-bond acceptors (Lipinski definition) is 4. The summed E-state index contributed by atoms with van der Waals surface area (Å²) >= 11 is 0. The minimum Gasteiger partial charge on any atom is -0.398 e. The molecule has 0 bridgehead atoms. The van der Waals surface area contributed by atoms with Crippen molar-refractivity contribution in [2.75, 3.05) is 37.8 Å². The predicted molar refractivity (Wildman–Crippen MR) is 85.1 cm³/mol. The molecule has 3 rings (SSSR count). The topological polar surface area (TPSA) is 45.4 Å². The SMILES string of the molecule is CN(CC1CCCN1C)c1ccc(N)c2cccnc12. The number of rotatable bonds is 3. The molecule has 4 heteroatoms. The van der Waals surface area contributed by atoms with E-state index < -0.39 is 0 Å². The number of anilines is 2. The van der Waals surface area contributed by atoms with Gasteiger partial charge in [0.2, 0.25) is 0 Å². The van der Waals surface area contributed by atoms with Gasteiger partial charge in [0.15, 0.2) is 0 Å². The molecule has 1 fully saturated rings. The Bertz CT molecular complexity index is 610. The molecule has 0 radical (unpaired) electrons. The standard InChI is InChI=1S/C16H22N4/c1-19-10-4-5-12(19)11-20(2)15-8-7-14(17)13-6-3-9-18-16(13)15/h3,6-9,12H,4-5,10-11,17H2,1-2H3. The molecule has 1 saturated heterocycles. The smallest absolute Gasteiger partial charge is 0.0955 e. The fraction of sp³-hybridized carbons (Fsp3) is 0.438. The third-order valence-corrected chi connectivity index (χ3v) is 4.35. The summed E-state index contributed by atoms with van der Waals surface area (Å²) in [6, 6.07) is 8.67. The number of benzene rings is 1. The van der Waals surface area contributed by atoms with Crippen LogP contribution in [0.5, 0.6) is 0 Å². The van der Waals surface area contributed by atoms with Crippen molar-refractivity contribution in [2.24, 2.45) is 0 Å². The van der Waals surface area contributed by atoms with Crippen LogP contribution in [0.3, 0.4) is 0 Å². The third-order valence-electron chi connectivity index (χ3n) is 4.35. The highest BCUT2D eigenvalue weighted by atomic mass is 15.2. The van der Waals surface area contributed by atoms with Crippen molar-refractivity contribution in [1.82, 2.24) is 9.88 Å². The molecular formula is C16H22N4. The third kappa shape index (κ3) is 2.31. The molecule has 4 nitrogen and oxygen atoms in total. The van der Waals surface area contributed by atoms with E-state index in [-0.39, 0.29) is 0 Å². The molecule has 0 amide bonds. The van der Waals surface area contributed by atoms with Crippen molar-refractivity contribution < 1.29 is 0 Å². The normalized spacial score (nSPS) is 19.6. The molecule has 0 saturated carbocycles. The van der Waals surface area contributed by atoms with Crippen molar-refractivity contribution in [1.29, 1.82) is 0 Å². The van der Waals surface area contributed by atoms with E-state index in [1.165, 1.54) is 19.4 Å². The number of nitrogens with two attached hydrogens (primary N) is 1. The summed E-state index contributed by atoms with van der Waals surface area (Å²) in [5.74, 6) is 0. The zero-order chi connectivity index (χ0) is 14.1. The van der Waals surface area contributed by atoms with Crippen LogP contribution in [0.15, 0.2) is 30.5 Å². The largest absolute Gasteiger partial charge is 0.398 e. The fourth-order valence-corrected chi connectivity index (χ4v) is 3.11. The van der Waals surface area contributed by atoms with Gasteiger partial charge in [0, 0.05) is 36.9 Å². The zero-order valence-electron chi connectivity index (χ0n) is 12.2. The van der Waals surface area contributed by atoms with Crippen LogP contribution in [0.4, 0.5) is 11.4 Å². The summed E-state index contributed by atoms with van der Waals surface area (Å²) in [5.41, 5.74) is 9.00. The average Bonchev–Trinajstić information content (AvgIpc) is 2.85. The van der Waals surface area contributed by atoms with E-state index in [0.717, 1.165) is 28.8 Å². The second-order valence-electron chi connectivity index (χ2n) is 5.73. The lowest BCUT2D eigenvalue weighted by Crippen LogP contribution is -2.36. The van der Waals surface area contributed by atoms with E-state index in [2.05, 4.69) is 34.9 Å². The number of fused-ring (bicyclic) bond motifs is 1. The van der Waals surface area contributed by atoms with E-state index in [1.807, 2.05) is 24.4 Å². The maximum Gasteiger partial charge on any atom is 0.0955 e. The highest BCUT2D eigenvalue weighted by Gasteiger charge is 2.23. The Labute approximate surface area is 120 Å². The van der Waals surface area contributed by atoms with Gasteiger partial charge in [-0.3, -0.25) is 4.98 Å². The van der Waals surface area contributed by atoms with Gasteiger partial charge in [0.25, 0.3) is 0 Å². The van der Waals surface area contributed by atoms with Gasteiger partial charge in [-0.05, 0) is 50.7 Å². The van der Waals surface area contributed by atoms with E-state index in [4.69, 9.17) is 5.73 Å². The second kappa shape index (κ2) is 5.29. The van der Waals surface area contributed by atoms with Crippen molar-refractivity contribution in [3.63, 3.8) is 0 Å². The van der Waals surface area contributed by atoms with Gasteiger partial charge < -0.3 is 15.5 Å². The van der Waals surface area contributed by atoms with Gasteiger partial charge >= 0.3 is 0 Å². The highest BCUT2D eigenvalue weighted by molar-refractivity contribution is 5.98. The first-order chi connectivity index (χ1) is 9.66. The summed E-state index contributed by atoms with van der Waals surface area (Å²) in [6.07, 6.45) is 4.41. The average molecular weight is 270 g/mol. The molecular weight excluding hydrogens is 248 g/mol. The minimum atomic E-state index is 0.635. The molecule has 1 aromatic heterocycles. The number of nitrogens with zero attached hydrogens (tertiary/aromatic N) is 3. The van der Waals surface area contributed by atoms with Crippen molar-refractivity contribution in [3.05, 3.63) is 30.5 Å². The molecule has 2 N–H and O–H groups in total. The number of pyridine rings is 1. The van der Waals surface area contributed by atoms with Crippen LogP contribution < -0.4 is 10.6 Å². The lowest BCUT2D eigenvalue weighted by Gasteiger charge is -2.28. The number of likely N-dealkylation sites (tertiary alicyclic amines) is 1. The molecule has 2 heterocycles. The number of nitrogen functional groups attached to an aromatic ring is 1. The maximum absolute atomic E-state index is 6.04. The van der Waals surface area contributed by atoms with Crippen molar-refractivity contribution in [2.45, 2.75) is 18.9 Å². The molecule has 1 aliphatic rings. The molecule has 2 aromatic rings. The minimum absolute atomic E-state index is 0.635. The van der Waals surface area contributed by atoms with Crippen LogP contribution in [0.25, 0.3) is 10.9 Å². The fourth-order valence-electron chi connectivity index (χ4n) is 3.11. The lowest BCUT2D eigenvalue weighted by molar-refractivity contribution is 0.314. The summed E-state index contributed by atoms with van der Waals surface area (Å²) in [7, 11) is 4.36. The van der Waals surface area contributed by atoms with Crippen LogP contribution in [0.1, 0.15) is 12.8 Å². The summed E-state index contributed by atoms with van der Waals surface area (Å²) in [6.45, 7) is 2.24. The van der Waals surface area contributed by atoms with Crippen molar-refractivity contribution in [3.8, 4) is 0 Å². The summed E-state index contributed by atoms with van der Waals surface area (Å²) < 4.78 is 0. The van der Waals surface area contributed by atoms with E-state index in [1.54, 1.807) is 0 Å². The quantitative estimate of drug-likeness (QED) is 0.870. The summed E-state index contributed by atoms with van der Waals surface area (Å²) in [5, 5.41) is 1.04.